The van der Waals surface area contributed by atoms with Gasteiger partial charge in [-0.1, -0.05) is 53.5 Å². The predicted molar refractivity (Wildman–Crippen MR) is 144 cm³/mol. The number of aromatic nitrogens is 2. The van der Waals surface area contributed by atoms with Crippen LogP contribution in [0.4, 0.5) is 5.69 Å². The van der Waals surface area contributed by atoms with E-state index in [1.54, 1.807) is 22.8 Å². The molecule has 4 aliphatic heterocycles. The quantitative estimate of drug-likeness (QED) is 0.330. The molecule has 3 aromatic carbocycles. The number of carbonyl (C=O) groups excluding carboxylic acids is 2. The third kappa shape index (κ3) is 2.50. The molecule has 8 rings (SSSR count). The summed E-state index contributed by atoms with van der Waals surface area (Å²) in [6.07, 6.45) is 1.67. The van der Waals surface area contributed by atoms with Gasteiger partial charge in [-0.25, -0.2) is 9.88 Å². The minimum absolute atomic E-state index is 0.157. The maximum absolute atomic E-state index is 14.5. The zero-order valence-electron chi connectivity index (χ0n) is 20.0. The van der Waals surface area contributed by atoms with Crippen molar-refractivity contribution in [1.29, 1.82) is 0 Å². The number of hydrogen-bond acceptors (Lipinski definition) is 5. The van der Waals surface area contributed by atoms with Crippen LogP contribution >= 0.6 is 23.2 Å². The predicted octanol–water partition coefficient (Wildman–Crippen LogP) is 4.53. The maximum Gasteiger partial charge on any atom is 0.266 e. The van der Waals surface area contributed by atoms with Crippen LogP contribution in [0.5, 0.6) is 0 Å². The highest BCUT2D eigenvalue weighted by Crippen LogP contribution is 2.62. The molecule has 3 saturated heterocycles. The molecule has 1 spiro atoms. The van der Waals surface area contributed by atoms with E-state index < -0.39 is 17.4 Å². The Kier molecular flexibility index (Phi) is 4.45. The first kappa shape index (κ1) is 22.5. The summed E-state index contributed by atoms with van der Waals surface area (Å²) in [5.74, 6) is -1.43. The summed E-state index contributed by atoms with van der Waals surface area (Å²) in [6.45, 7) is 0.705. The number of fused-ring (bicyclic) bond motifs is 11. The van der Waals surface area contributed by atoms with Gasteiger partial charge >= 0.3 is 0 Å². The highest BCUT2D eigenvalue weighted by Gasteiger charge is 2.73. The number of anilines is 1. The Morgan fingerprint density at radius 1 is 0.895 bits per heavy atom. The van der Waals surface area contributed by atoms with Crippen LogP contribution in [-0.2, 0) is 15.1 Å². The highest BCUT2D eigenvalue weighted by atomic mass is 35.5. The molecule has 2 amide bonds. The van der Waals surface area contributed by atoms with E-state index in [9.17, 15) is 14.4 Å². The van der Waals surface area contributed by atoms with Gasteiger partial charge in [0.2, 0.25) is 11.8 Å². The summed E-state index contributed by atoms with van der Waals surface area (Å²) in [7, 11) is 0. The molecule has 4 aliphatic rings. The van der Waals surface area contributed by atoms with Gasteiger partial charge < -0.3 is 0 Å². The fourth-order valence-electron chi connectivity index (χ4n) is 7.51. The lowest BCUT2D eigenvalue weighted by Crippen LogP contribution is -2.51. The van der Waals surface area contributed by atoms with Crippen molar-refractivity contribution in [3.63, 3.8) is 0 Å². The molecule has 3 fully saturated rings. The molecule has 188 valence electrons. The van der Waals surface area contributed by atoms with E-state index in [2.05, 4.69) is 4.90 Å². The van der Waals surface area contributed by atoms with Crippen molar-refractivity contribution in [3.8, 4) is 5.69 Å². The smallest absolute Gasteiger partial charge is 0.266 e. The minimum Gasteiger partial charge on any atom is -0.283 e. The first-order chi connectivity index (χ1) is 18.4. The van der Waals surface area contributed by atoms with E-state index in [1.165, 1.54) is 11.0 Å². The Labute approximate surface area is 227 Å². The molecule has 0 N–H and O–H groups in total. The van der Waals surface area contributed by atoms with Gasteiger partial charge in [0.15, 0.2) is 0 Å². The van der Waals surface area contributed by atoms with Crippen LogP contribution in [0.1, 0.15) is 24.2 Å². The van der Waals surface area contributed by atoms with Gasteiger partial charge in [-0.2, -0.15) is 0 Å². The molecule has 9 heteroatoms. The van der Waals surface area contributed by atoms with E-state index in [0.29, 0.717) is 39.7 Å². The molecule has 1 aromatic heterocycles. The lowest BCUT2D eigenvalue weighted by atomic mass is 9.75. The monoisotopic (exact) mass is 542 g/mol. The van der Waals surface area contributed by atoms with Gasteiger partial charge in [0.1, 0.15) is 11.4 Å². The molecule has 0 bridgehead atoms. The summed E-state index contributed by atoms with van der Waals surface area (Å²) in [4.78, 5) is 51.1. The number of benzene rings is 3. The molecule has 4 atom stereocenters. The van der Waals surface area contributed by atoms with Crippen LogP contribution in [0.15, 0.2) is 71.5 Å². The summed E-state index contributed by atoms with van der Waals surface area (Å²) < 4.78 is 1.66. The standard InChI is InChI=1S/C29H20Cl2N4O3/c30-15-11-12-21(18(31)14-15)34-26(37)23-22-10-5-13-33(22)29(24(23)27(34)38)17-7-2-4-9-20(17)35-25(36)16-6-1-3-8-19(16)32-28(29)35/h1-4,6-9,11-12,14,22-24H,5,10,13H2/t22-,23+,24-,29+/m1/s1. The average molecular weight is 543 g/mol. The minimum atomic E-state index is -1.05. The van der Waals surface area contributed by atoms with Crippen LogP contribution < -0.4 is 10.5 Å². The van der Waals surface area contributed by atoms with Gasteiger partial charge in [0, 0.05) is 16.6 Å². The third-order valence-corrected chi connectivity index (χ3v) is 9.33. The van der Waals surface area contributed by atoms with Gasteiger partial charge in [-0.15, -0.1) is 0 Å². The molecular formula is C29H20Cl2N4O3. The van der Waals surface area contributed by atoms with Crippen molar-refractivity contribution < 1.29 is 9.59 Å². The highest BCUT2D eigenvalue weighted by molar-refractivity contribution is 6.38. The average Bonchev–Trinajstić information content (AvgIpc) is 3.62. The van der Waals surface area contributed by atoms with Crippen LogP contribution in [0, 0.1) is 11.8 Å². The number of imide groups is 1. The lowest BCUT2D eigenvalue weighted by molar-refractivity contribution is -0.124. The van der Waals surface area contributed by atoms with E-state index in [4.69, 9.17) is 28.2 Å². The number of carbonyl (C=O) groups is 2. The summed E-state index contributed by atoms with van der Waals surface area (Å²) in [5, 5.41) is 1.17. The SMILES string of the molecule is O=C1[C@H]2[C@H]3CCCN3[C@@]3(c4ccccc4-n4c3nc3ccccc3c4=O)[C@H]2C(=O)N1c1ccc(Cl)cc1Cl. The van der Waals surface area contributed by atoms with Crippen LogP contribution in [0.3, 0.4) is 0 Å². The summed E-state index contributed by atoms with van der Waals surface area (Å²) >= 11 is 12.6. The van der Waals surface area contributed by atoms with Crippen molar-refractivity contribution in [2.45, 2.75) is 24.4 Å². The number of amides is 2. The molecule has 38 heavy (non-hydrogen) atoms. The Morgan fingerprint density at radius 2 is 1.68 bits per heavy atom. The molecule has 7 nitrogen and oxygen atoms in total. The maximum atomic E-state index is 14.5. The van der Waals surface area contributed by atoms with Crippen LogP contribution in [-0.4, -0.2) is 38.9 Å². The lowest BCUT2D eigenvalue weighted by Gasteiger charge is -2.38. The van der Waals surface area contributed by atoms with Gasteiger partial charge in [-0.3, -0.25) is 23.9 Å². The van der Waals surface area contributed by atoms with Gasteiger partial charge in [0.05, 0.1) is 39.1 Å². The first-order valence-corrected chi connectivity index (χ1v) is 13.4. The van der Waals surface area contributed by atoms with Gasteiger partial charge in [-0.05, 0) is 55.8 Å². The van der Waals surface area contributed by atoms with Crippen LogP contribution in [0.25, 0.3) is 16.6 Å². The molecule has 0 radical (unpaired) electrons. The molecule has 5 heterocycles. The van der Waals surface area contributed by atoms with Gasteiger partial charge in [0.25, 0.3) is 5.56 Å². The summed E-state index contributed by atoms with van der Waals surface area (Å²) in [6, 6.07) is 19.6. The number of hydrogen-bond donors (Lipinski definition) is 0. The van der Waals surface area contributed by atoms with Crippen LogP contribution in [0.2, 0.25) is 10.0 Å². The van der Waals surface area contributed by atoms with E-state index >= 15 is 0 Å². The normalized spacial score (nSPS) is 27.3. The second kappa shape index (κ2) is 7.53. The number of halogens is 2. The topological polar surface area (TPSA) is 75.5 Å². The molecule has 4 aromatic rings. The molecule has 0 aliphatic carbocycles. The number of para-hydroxylation sites is 2. The fourth-order valence-corrected chi connectivity index (χ4v) is 8.01. The third-order valence-electron chi connectivity index (χ3n) is 8.79. The van der Waals surface area contributed by atoms with E-state index in [0.717, 1.165) is 18.4 Å². The fraction of sp³-hybridized carbons (Fsp3) is 0.241. The summed E-state index contributed by atoms with van der Waals surface area (Å²) in [5.41, 5.74) is 1.22. The Hall–Kier alpha value is -3.52. The number of nitrogens with zero attached hydrogens (tertiary/aromatic N) is 4. The molecule has 0 saturated carbocycles. The van der Waals surface area contributed by atoms with Crippen molar-refractivity contribution in [3.05, 3.63) is 98.5 Å². The van der Waals surface area contributed by atoms with Crippen molar-refractivity contribution in [1.82, 2.24) is 14.5 Å². The number of rotatable bonds is 1. The zero-order valence-corrected chi connectivity index (χ0v) is 21.5. The molecule has 0 unspecified atom stereocenters. The van der Waals surface area contributed by atoms with E-state index in [1.807, 2.05) is 42.5 Å². The zero-order chi connectivity index (χ0) is 25.9. The van der Waals surface area contributed by atoms with Crippen molar-refractivity contribution in [2.24, 2.45) is 11.8 Å². The second-order valence-corrected chi connectivity index (χ2v) is 11.2. The Balaban J connectivity index is 1.45. The molecular weight excluding hydrogens is 523 g/mol. The first-order valence-electron chi connectivity index (χ1n) is 12.7. The largest absolute Gasteiger partial charge is 0.283 e. The van der Waals surface area contributed by atoms with Crippen molar-refractivity contribution in [2.75, 3.05) is 11.4 Å². The van der Waals surface area contributed by atoms with Crippen molar-refractivity contribution >= 4 is 51.6 Å². The van der Waals surface area contributed by atoms with E-state index in [-0.39, 0.29) is 28.4 Å². The Bertz CT molecular complexity index is 1800. The Morgan fingerprint density at radius 3 is 2.53 bits per heavy atom. The second-order valence-electron chi connectivity index (χ2n) is 10.4.